The summed E-state index contributed by atoms with van der Waals surface area (Å²) in [4.78, 5) is 29.3. The van der Waals surface area contributed by atoms with E-state index in [9.17, 15) is 9.59 Å². The van der Waals surface area contributed by atoms with Crippen LogP contribution in [0.4, 0.5) is 5.69 Å². The van der Waals surface area contributed by atoms with Gasteiger partial charge in [-0.1, -0.05) is 29.8 Å². The monoisotopic (exact) mass is 452 g/mol. The second-order valence-electron chi connectivity index (χ2n) is 7.71. The Morgan fingerprint density at radius 1 is 1.06 bits per heavy atom. The van der Waals surface area contributed by atoms with Crippen LogP contribution in [0.5, 0.6) is 5.75 Å². The number of piperazine rings is 1. The Balaban J connectivity index is 1.46. The van der Waals surface area contributed by atoms with Crippen LogP contribution in [0.15, 0.2) is 59.4 Å². The molecule has 8 heteroatoms. The van der Waals surface area contributed by atoms with Gasteiger partial charge in [-0.25, -0.2) is 4.68 Å². The Labute approximate surface area is 191 Å². The first kappa shape index (κ1) is 21.9. The van der Waals surface area contributed by atoms with Crippen LogP contribution in [0.3, 0.4) is 0 Å². The summed E-state index contributed by atoms with van der Waals surface area (Å²) in [6.45, 7) is 4.51. The van der Waals surface area contributed by atoms with Crippen molar-refractivity contribution in [2.75, 3.05) is 38.2 Å². The number of amides is 1. The maximum absolute atomic E-state index is 12.9. The van der Waals surface area contributed by atoms with E-state index in [2.05, 4.69) is 16.9 Å². The van der Waals surface area contributed by atoms with Gasteiger partial charge in [-0.05, 0) is 42.8 Å². The third-order valence-corrected chi connectivity index (χ3v) is 5.91. The Morgan fingerprint density at radius 2 is 1.81 bits per heavy atom. The number of aryl methyl sites for hydroxylation is 1. The lowest BCUT2D eigenvalue weighted by molar-refractivity contribution is -0.132. The molecule has 2 heterocycles. The number of aromatic nitrogens is 2. The molecule has 7 nitrogen and oxygen atoms in total. The molecule has 1 saturated heterocycles. The highest BCUT2D eigenvalue weighted by molar-refractivity contribution is 6.30. The number of halogens is 1. The van der Waals surface area contributed by atoms with E-state index < -0.39 is 0 Å². The normalized spacial score (nSPS) is 13.8. The summed E-state index contributed by atoms with van der Waals surface area (Å²) in [5, 5.41) is 5.12. The van der Waals surface area contributed by atoms with Crippen molar-refractivity contribution in [1.29, 1.82) is 0 Å². The van der Waals surface area contributed by atoms with Crippen LogP contribution in [0.1, 0.15) is 5.56 Å². The van der Waals surface area contributed by atoms with E-state index in [1.807, 2.05) is 42.5 Å². The Morgan fingerprint density at radius 3 is 2.56 bits per heavy atom. The van der Waals surface area contributed by atoms with Gasteiger partial charge >= 0.3 is 0 Å². The first-order valence-electron chi connectivity index (χ1n) is 10.5. The van der Waals surface area contributed by atoms with Gasteiger partial charge in [0.25, 0.3) is 5.56 Å². The van der Waals surface area contributed by atoms with Crippen LogP contribution in [0, 0.1) is 6.92 Å². The van der Waals surface area contributed by atoms with Gasteiger partial charge in [0.15, 0.2) is 0 Å². The van der Waals surface area contributed by atoms with Crippen molar-refractivity contribution in [3.63, 3.8) is 0 Å². The zero-order chi connectivity index (χ0) is 22.7. The average Bonchev–Trinajstić information content (AvgIpc) is 2.82. The number of rotatable bonds is 5. The molecular weight excluding hydrogens is 428 g/mol. The van der Waals surface area contributed by atoms with Crippen molar-refractivity contribution in [3.05, 3.63) is 75.5 Å². The standard InChI is InChI=1S/C24H25ClN4O3/c1-17-7-8-18(25)15-21(17)27-11-13-28(14-12-27)24(31)16-29-23(30)10-9-20(26-29)19-5-3-4-6-22(19)32-2/h3-10,15H,11-14,16H2,1-2H3. The number of carbonyl (C=O) groups is 1. The molecule has 0 spiro atoms. The molecule has 1 amide bonds. The van der Waals surface area contributed by atoms with E-state index in [4.69, 9.17) is 16.3 Å². The van der Waals surface area contributed by atoms with E-state index in [0.29, 0.717) is 42.6 Å². The summed E-state index contributed by atoms with van der Waals surface area (Å²) < 4.78 is 6.61. The number of para-hydroxylation sites is 1. The highest BCUT2D eigenvalue weighted by atomic mass is 35.5. The first-order valence-corrected chi connectivity index (χ1v) is 10.8. The maximum atomic E-state index is 12.9. The van der Waals surface area contributed by atoms with Crippen LogP contribution >= 0.6 is 11.6 Å². The predicted molar refractivity (Wildman–Crippen MR) is 125 cm³/mol. The molecule has 0 N–H and O–H groups in total. The van der Waals surface area contributed by atoms with Gasteiger partial charge in [0.1, 0.15) is 12.3 Å². The first-order chi connectivity index (χ1) is 15.5. The van der Waals surface area contributed by atoms with Crippen LogP contribution in [0.25, 0.3) is 11.3 Å². The molecule has 2 aromatic carbocycles. The summed E-state index contributed by atoms with van der Waals surface area (Å²) >= 11 is 6.16. The summed E-state index contributed by atoms with van der Waals surface area (Å²) in [5.74, 6) is 0.531. The molecule has 0 bridgehead atoms. The fourth-order valence-electron chi connectivity index (χ4n) is 3.91. The van der Waals surface area contributed by atoms with Gasteiger partial charge in [-0.15, -0.1) is 0 Å². The van der Waals surface area contributed by atoms with Gasteiger partial charge in [0, 0.05) is 48.5 Å². The Bertz CT molecular complexity index is 1190. The second-order valence-corrected chi connectivity index (χ2v) is 8.15. The summed E-state index contributed by atoms with van der Waals surface area (Å²) in [7, 11) is 1.59. The van der Waals surface area contributed by atoms with Crippen LogP contribution < -0.4 is 15.2 Å². The summed E-state index contributed by atoms with van der Waals surface area (Å²) in [6.07, 6.45) is 0. The minimum atomic E-state index is -0.315. The smallest absolute Gasteiger partial charge is 0.267 e. The molecule has 1 aliphatic heterocycles. The Hall–Kier alpha value is -3.32. The number of nitrogens with zero attached hydrogens (tertiary/aromatic N) is 4. The molecular formula is C24H25ClN4O3. The molecule has 1 aromatic heterocycles. The number of carbonyl (C=O) groups excluding carboxylic acids is 1. The second kappa shape index (κ2) is 9.44. The zero-order valence-corrected chi connectivity index (χ0v) is 18.9. The maximum Gasteiger partial charge on any atom is 0.267 e. The lowest BCUT2D eigenvalue weighted by atomic mass is 10.1. The van der Waals surface area contributed by atoms with Gasteiger partial charge in [0.05, 0.1) is 12.8 Å². The SMILES string of the molecule is COc1ccccc1-c1ccc(=O)n(CC(=O)N2CCN(c3cc(Cl)ccc3C)CC2)n1. The molecule has 0 unspecified atom stereocenters. The molecule has 1 fully saturated rings. The molecule has 0 saturated carbocycles. The number of hydrogen-bond acceptors (Lipinski definition) is 5. The highest BCUT2D eigenvalue weighted by Gasteiger charge is 2.23. The topological polar surface area (TPSA) is 67.7 Å². The zero-order valence-electron chi connectivity index (χ0n) is 18.1. The van der Waals surface area contributed by atoms with E-state index in [1.165, 1.54) is 10.7 Å². The number of ether oxygens (including phenoxy) is 1. The molecule has 32 heavy (non-hydrogen) atoms. The summed E-state index contributed by atoms with van der Waals surface area (Å²) in [5.41, 5.74) is 3.27. The minimum absolute atomic E-state index is 0.0992. The number of hydrogen-bond donors (Lipinski definition) is 0. The van der Waals surface area contributed by atoms with E-state index in [-0.39, 0.29) is 18.0 Å². The highest BCUT2D eigenvalue weighted by Crippen LogP contribution is 2.27. The lowest BCUT2D eigenvalue weighted by Gasteiger charge is -2.37. The van der Waals surface area contributed by atoms with E-state index >= 15 is 0 Å². The molecule has 166 valence electrons. The van der Waals surface area contributed by atoms with Crippen molar-refractivity contribution in [3.8, 4) is 17.0 Å². The van der Waals surface area contributed by atoms with Gasteiger partial charge in [-0.3, -0.25) is 9.59 Å². The van der Waals surface area contributed by atoms with Crippen molar-refractivity contribution < 1.29 is 9.53 Å². The van der Waals surface area contributed by atoms with Crippen molar-refractivity contribution >= 4 is 23.2 Å². The Kier molecular flexibility index (Phi) is 6.46. The summed E-state index contributed by atoms with van der Waals surface area (Å²) in [6, 6.07) is 16.4. The van der Waals surface area contributed by atoms with Crippen molar-refractivity contribution in [1.82, 2.24) is 14.7 Å². The van der Waals surface area contributed by atoms with E-state index in [0.717, 1.165) is 16.8 Å². The predicted octanol–water partition coefficient (Wildman–Crippen LogP) is 3.23. The van der Waals surface area contributed by atoms with Crippen LogP contribution in [-0.4, -0.2) is 53.9 Å². The molecule has 0 aliphatic carbocycles. The largest absolute Gasteiger partial charge is 0.496 e. The van der Waals surface area contributed by atoms with Crippen LogP contribution in [-0.2, 0) is 11.3 Å². The van der Waals surface area contributed by atoms with Gasteiger partial charge in [0.2, 0.25) is 5.91 Å². The number of benzene rings is 2. The third-order valence-electron chi connectivity index (χ3n) is 5.68. The lowest BCUT2D eigenvalue weighted by Crippen LogP contribution is -2.50. The number of anilines is 1. The van der Waals surface area contributed by atoms with Gasteiger partial charge < -0.3 is 14.5 Å². The molecule has 0 atom stereocenters. The molecule has 4 rings (SSSR count). The molecule has 0 radical (unpaired) electrons. The quantitative estimate of drug-likeness (QED) is 0.594. The fraction of sp³-hybridized carbons (Fsp3) is 0.292. The van der Waals surface area contributed by atoms with Crippen molar-refractivity contribution in [2.24, 2.45) is 0 Å². The number of methoxy groups -OCH3 is 1. The van der Waals surface area contributed by atoms with Gasteiger partial charge in [-0.2, -0.15) is 5.10 Å². The average molecular weight is 453 g/mol. The van der Waals surface area contributed by atoms with E-state index in [1.54, 1.807) is 18.1 Å². The van der Waals surface area contributed by atoms with Crippen molar-refractivity contribution in [2.45, 2.75) is 13.5 Å². The molecule has 1 aliphatic rings. The van der Waals surface area contributed by atoms with Crippen LogP contribution in [0.2, 0.25) is 5.02 Å². The minimum Gasteiger partial charge on any atom is -0.496 e. The fourth-order valence-corrected chi connectivity index (χ4v) is 4.08. The molecule has 3 aromatic rings. The third kappa shape index (κ3) is 4.62.